The number of nitrogens with zero attached hydrogens (tertiary/aromatic N) is 5. The van der Waals surface area contributed by atoms with Gasteiger partial charge in [-0.05, 0) is 38.0 Å². The summed E-state index contributed by atoms with van der Waals surface area (Å²) in [4.78, 5) is 31.9. The molecule has 9 heteroatoms. The van der Waals surface area contributed by atoms with E-state index in [1.54, 1.807) is 56.5 Å². The zero-order valence-electron chi connectivity index (χ0n) is 19.1. The summed E-state index contributed by atoms with van der Waals surface area (Å²) in [5.41, 5.74) is 2.53. The second-order valence-corrected chi connectivity index (χ2v) is 8.09. The Morgan fingerprint density at radius 2 is 2.00 bits per heavy atom. The van der Waals surface area contributed by atoms with Gasteiger partial charge in [0.1, 0.15) is 11.5 Å². The standard InChI is InChI=1S/C24H27N5O4/c1-15-19(16(2)27(3)26-15)22(30)20-21(17-7-5-8-18(13-17)33-4)29(24(32)23(20)31)11-6-10-28-12-9-25-14-28/h5,7-9,12-14,21,30H,6,10-11H2,1-4H3/t21-/m1/s1. The highest BCUT2D eigenvalue weighted by molar-refractivity contribution is 6.46. The molecule has 0 saturated carbocycles. The number of aryl methyl sites for hydroxylation is 3. The molecule has 4 rings (SSSR count). The molecule has 1 N–H and O–H groups in total. The van der Waals surface area contributed by atoms with Gasteiger partial charge in [0.05, 0.1) is 36.3 Å². The Labute approximate surface area is 191 Å². The summed E-state index contributed by atoms with van der Waals surface area (Å²) in [6.07, 6.45) is 5.87. The number of ether oxygens (including phenoxy) is 1. The summed E-state index contributed by atoms with van der Waals surface area (Å²) < 4.78 is 8.93. The largest absolute Gasteiger partial charge is 0.507 e. The minimum Gasteiger partial charge on any atom is -0.507 e. The third-order valence-electron chi connectivity index (χ3n) is 6.07. The van der Waals surface area contributed by atoms with Crippen molar-refractivity contribution in [3.8, 4) is 5.75 Å². The van der Waals surface area contributed by atoms with Crippen LogP contribution in [0.2, 0.25) is 0 Å². The smallest absolute Gasteiger partial charge is 0.295 e. The van der Waals surface area contributed by atoms with Gasteiger partial charge in [-0.2, -0.15) is 5.10 Å². The van der Waals surface area contributed by atoms with Crippen LogP contribution in [-0.2, 0) is 23.2 Å². The Balaban J connectivity index is 1.79. The number of carbonyl (C=O) groups excluding carboxylic acids is 2. The van der Waals surface area contributed by atoms with Gasteiger partial charge in [-0.25, -0.2) is 4.98 Å². The number of aliphatic hydroxyl groups excluding tert-OH is 1. The molecule has 0 aliphatic carbocycles. The number of hydrogen-bond donors (Lipinski definition) is 1. The van der Waals surface area contributed by atoms with Crippen molar-refractivity contribution in [1.82, 2.24) is 24.2 Å². The molecule has 0 bridgehead atoms. The molecule has 33 heavy (non-hydrogen) atoms. The van der Waals surface area contributed by atoms with Crippen LogP contribution in [0.25, 0.3) is 5.76 Å². The average Bonchev–Trinajstić information content (AvgIpc) is 3.47. The summed E-state index contributed by atoms with van der Waals surface area (Å²) >= 11 is 0. The summed E-state index contributed by atoms with van der Waals surface area (Å²) in [5, 5.41) is 15.7. The van der Waals surface area contributed by atoms with Crippen LogP contribution in [0.1, 0.15) is 35.0 Å². The molecule has 2 aromatic heterocycles. The van der Waals surface area contributed by atoms with E-state index in [1.807, 2.05) is 23.8 Å². The molecular weight excluding hydrogens is 422 g/mol. The molecule has 1 aromatic carbocycles. The Morgan fingerprint density at radius 1 is 1.21 bits per heavy atom. The summed E-state index contributed by atoms with van der Waals surface area (Å²) in [6, 6.07) is 6.49. The molecule has 3 heterocycles. The first-order valence-corrected chi connectivity index (χ1v) is 10.7. The number of Topliss-reactive ketones (excluding diaryl/α,β-unsaturated/α-hetero) is 1. The van der Waals surface area contributed by atoms with Gasteiger partial charge in [-0.3, -0.25) is 14.3 Å². The number of likely N-dealkylation sites (tertiary alicyclic amines) is 1. The lowest BCUT2D eigenvalue weighted by Crippen LogP contribution is -2.31. The SMILES string of the molecule is COc1cccc([C@@H]2C(=C(O)c3c(C)nn(C)c3C)C(=O)C(=O)N2CCCn2ccnc2)c1. The van der Waals surface area contributed by atoms with E-state index >= 15 is 0 Å². The van der Waals surface area contributed by atoms with Crippen LogP contribution in [0.5, 0.6) is 5.75 Å². The second kappa shape index (κ2) is 8.93. The average molecular weight is 450 g/mol. The Bertz CT molecular complexity index is 1230. The van der Waals surface area contributed by atoms with Crippen LogP contribution in [0.15, 0.2) is 48.6 Å². The fraction of sp³-hybridized carbons (Fsp3) is 0.333. The molecule has 1 fully saturated rings. The molecule has 1 aliphatic rings. The molecule has 3 aromatic rings. The highest BCUT2D eigenvalue weighted by atomic mass is 16.5. The third kappa shape index (κ3) is 4.02. The van der Waals surface area contributed by atoms with E-state index in [0.717, 1.165) is 0 Å². The van der Waals surface area contributed by atoms with Crippen molar-refractivity contribution in [1.29, 1.82) is 0 Å². The molecule has 1 amide bonds. The van der Waals surface area contributed by atoms with E-state index in [4.69, 9.17) is 4.74 Å². The topological polar surface area (TPSA) is 102 Å². The maximum absolute atomic E-state index is 13.2. The van der Waals surface area contributed by atoms with Crippen LogP contribution in [0.4, 0.5) is 0 Å². The quantitative estimate of drug-likeness (QED) is 0.338. The lowest BCUT2D eigenvalue weighted by molar-refractivity contribution is -0.139. The van der Waals surface area contributed by atoms with E-state index in [-0.39, 0.29) is 11.3 Å². The lowest BCUT2D eigenvalue weighted by Gasteiger charge is -2.25. The molecule has 1 saturated heterocycles. The normalized spacial score (nSPS) is 17.7. The number of benzene rings is 1. The van der Waals surface area contributed by atoms with Crippen molar-refractivity contribution in [2.75, 3.05) is 13.7 Å². The molecule has 1 atom stereocenters. The van der Waals surface area contributed by atoms with E-state index in [0.29, 0.717) is 47.8 Å². The second-order valence-electron chi connectivity index (χ2n) is 8.09. The van der Waals surface area contributed by atoms with E-state index in [1.165, 1.54) is 4.90 Å². The van der Waals surface area contributed by atoms with Crippen LogP contribution in [0.3, 0.4) is 0 Å². The minimum absolute atomic E-state index is 0.0649. The van der Waals surface area contributed by atoms with Crippen LogP contribution < -0.4 is 4.74 Å². The Kier molecular flexibility index (Phi) is 6.04. The van der Waals surface area contributed by atoms with Gasteiger partial charge in [-0.15, -0.1) is 0 Å². The van der Waals surface area contributed by atoms with Crippen molar-refractivity contribution in [3.05, 3.63) is 71.1 Å². The molecule has 0 spiro atoms. The number of hydrogen-bond acceptors (Lipinski definition) is 6. The number of ketones is 1. The molecule has 172 valence electrons. The fourth-order valence-electron chi connectivity index (χ4n) is 4.36. The number of imidazole rings is 1. The lowest BCUT2D eigenvalue weighted by atomic mass is 9.94. The minimum atomic E-state index is -0.734. The Morgan fingerprint density at radius 3 is 2.64 bits per heavy atom. The van der Waals surface area contributed by atoms with Gasteiger partial charge in [-0.1, -0.05) is 12.1 Å². The van der Waals surface area contributed by atoms with Gasteiger partial charge in [0, 0.05) is 38.2 Å². The first-order valence-electron chi connectivity index (χ1n) is 10.7. The van der Waals surface area contributed by atoms with Gasteiger partial charge in [0.15, 0.2) is 0 Å². The van der Waals surface area contributed by atoms with Crippen LogP contribution >= 0.6 is 0 Å². The highest BCUT2D eigenvalue weighted by Crippen LogP contribution is 2.41. The predicted octanol–water partition coefficient (Wildman–Crippen LogP) is 2.75. The first kappa shape index (κ1) is 22.3. The number of aromatic nitrogens is 4. The summed E-state index contributed by atoms with van der Waals surface area (Å²) in [7, 11) is 3.33. The third-order valence-corrected chi connectivity index (χ3v) is 6.07. The van der Waals surface area contributed by atoms with E-state index in [2.05, 4.69) is 10.1 Å². The summed E-state index contributed by atoms with van der Waals surface area (Å²) in [6.45, 7) is 4.57. The fourth-order valence-corrected chi connectivity index (χ4v) is 4.36. The molecule has 1 aliphatic heterocycles. The van der Waals surface area contributed by atoms with Crippen molar-refractivity contribution in [2.45, 2.75) is 32.9 Å². The molecule has 9 nitrogen and oxygen atoms in total. The van der Waals surface area contributed by atoms with E-state index in [9.17, 15) is 14.7 Å². The first-order chi connectivity index (χ1) is 15.8. The maximum Gasteiger partial charge on any atom is 0.295 e. The molecule has 0 radical (unpaired) electrons. The van der Waals surface area contributed by atoms with Crippen molar-refractivity contribution >= 4 is 17.4 Å². The molecular formula is C24H27N5O4. The monoisotopic (exact) mass is 449 g/mol. The van der Waals surface area contributed by atoms with Crippen molar-refractivity contribution in [3.63, 3.8) is 0 Å². The molecule has 0 unspecified atom stereocenters. The van der Waals surface area contributed by atoms with Gasteiger partial charge < -0.3 is 19.3 Å². The van der Waals surface area contributed by atoms with Crippen molar-refractivity contribution in [2.24, 2.45) is 7.05 Å². The van der Waals surface area contributed by atoms with Crippen molar-refractivity contribution < 1.29 is 19.4 Å². The highest BCUT2D eigenvalue weighted by Gasteiger charge is 2.46. The zero-order valence-corrected chi connectivity index (χ0v) is 19.1. The van der Waals surface area contributed by atoms with Gasteiger partial charge in [0.25, 0.3) is 11.7 Å². The van der Waals surface area contributed by atoms with E-state index < -0.39 is 17.7 Å². The van der Waals surface area contributed by atoms with Crippen LogP contribution in [0, 0.1) is 13.8 Å². The van der Waals surface area contributed by atoms with Crippen LogP contribution in [-0.4, -0.2) is 54.7 Å². The van der Waals surface area contributed by atoms with Gasteiger partial charge >= 0.3 is 0 Å². The Hall–Kier alpha value is -3.88. The number of methoxy groups -OCH3 is 1. The van der Waals surface area contributed by atoms with Gasteiger partial charge in [0.2, 0.25) is 0 Å². The predicted molar refractivity (Wildman–Crippen MR) is 122 cm³/mol. The zero-order chi connectivity index (χ0) is 23.7. The number of rotatable bonds is 7. The number of aliphatic hydroxyl groups is 1. The number of amides is 1. The maximum atomic E-state index is 13.2. The summed E-state index contributed by atoms with van der Waals surface area (Å²) in [5.74, 6) is -0.938. The number of carbonyl (C=O) groups is 2.